The summed E-state index contributed by atoms with van der Waals surface area (Å²) in [6.07, 6.45) is 15.7. The SMILES string of the molecule is CCCCCCCCn1cc([C@@H]2C[C@H](O)CN2C)c(=O)n(CCCCCCCC)c1=O. The predicted molar refractivity (Wildman–Crippen MR) is 128 cm³/mol. The Bertz CT molecular complexity index is 755. The monoisotopic (exact) mass is 435 g/mol. The molecular weight excluding hydrogens is 390 g/mol. The zero-order valence-electron chi connectivity index (χ0n) is 20.2. The van der Waals surface area contributed by atoms with Crippen molar-refractivity contribution in [1.82, 2.24) is 14.0 Å². The minimum absolute atomic E-state index is 0.116. The maximum Gasteiger partial charge on any atom is 0.330 e. The number of hydrogen-bond donors (Lipinski definition) is 1. The first-order valence-corrected chi connectivity index (χ1v) is 12.7. The maximum atomic E-state index is 13.2. The number of aliphatic hydroxyl groups excluding tert-OH is 1. The second-order valence-electron chi connectivity index (χ2n) is 9.40. The van der Waals surface area contributed by atoms with Gasteiger partial charge >= 0.3 is 5.69 Å². The Kier molecular flexibility index (Phi) is 11.6. The van der Waals surface area contributed by atoms with Crippen LogP contribution in [0.25, 0.3) is 0 Å². The van der Waals surface area contributed by atoms with Crippen molar-refractivity contribution in [3.8, 4) is 0 Å². The van der Waals surface area contributed by atoms with Gasteiger partial charge in [-0.2, -0.15) is 0 Å². The van der Waals surface area contributed by atoms with Crippen LogP contribution in [0, 0.1) is 0 Å². The minimum Gasteiger partial charge on any atom is -0.392 e. The van der Waals surface area contributed by atoms with E-state index in [0.717, 1.165) is 32.1 Å². The van der Waals surface area contributed by atoms with Crippen LogP contribution in [-0.2, 0) is 13.1 Å². The molecule has 0 amide bonds. The van der Waals surface area contributed by atoms with Crippen molar-refractivity contribution >= 4 is 0 Å². The van der Waals surface area contributed by atoms with Gasteiger partial charge in [0, 0.05) is 31.9 Å². The molecule has 0 unspecified atom stereocenters. The van der Waals surface area contributed by atoms with Gasteiger partial charge in [-0.05, 0) is 26.3 Å². The zero-order chi connectivity index (χ0) is 22.6. The standard InChI is InChI=1S/C25H45N3O3/c1-4-6-8-10-12-14-16-27-20-22(23-18-21(29)19-26(23)3)24(30)28(25(27)31)17-15-13-11-9-7-5-2/h20-21,23,29H,4-19H2,1-3H3/t21-,23-/m0/s1. The number of hydrogen-bond acceptors (Lipinski definition) is 4. The van der Waals surface area contributed by atoms with E-state index in [1.165, 1.54) is 49.5 Å². The summed E-state index contributed by atoms with van der Waals surface area (Å²) < 4.78 is 3.22. The third kappa shape index (κ3) is 7.90. The molecule has 1 aromatic heterocycles. The first-order chi connectivity index (χ1) is 15.0. The second-order valence-corrected chi connectivity index (χ2v) is 9.40. The van der Waals surface area contributed by atoms with Crippen molar-refractivity contribution in [3.63, 3.8) is 0 Å². The number of aromatic nitrogens is 2. The molecule has 0 radical (unpaired) electrons. The summed E-state index contributed by atoms with van der Waals surface area (Å²) in [6.45, 7) is 6.14. The van der Waals surface area contributed by atoms with E-state index in [9.17, 15) is 14.7 Å². The summed E-state index contributed by atoms with van der Waals surface area (Å²) in [5.74, 6) is 0. The van der Waals surface area contributed by atoms with Crippen molar-refractivity contribution in [1.29, 1.82) is 0 Å². The van der Waals surface area contributed by atoms with Gasteiger partial charge in [-0.1, -0.05) is 78.1 Å². The van der Waals surface area contributed by atoms with E-state index in [-0.39, 0.29) is 17.3 Å². The molecule has 2 heterocycles. The molecule has 1 aliphatic heterocycles. The van der Waals surface area contributed by atoms with Crippen LogP contribution in [0.5, 0.6) is 0 Å². The first-order valence-electron chi connectivity index (χ1n) is 12.7. The van der Waals surface area contributed by atoms with Crippen LogP contribution in [-0.4, -0.2) is 38.8 Å². The second kappa shape index (κ2) is 13.9. The number of likely N-dealkylation sites (tertiary alicyclic amines) is 1. The van der Waals surface area contributed by atoms with Gasteiger partial charge in [0.1, 0.15) is 0 Å². The predicted octanol–water partition coefficient (Wildman–Crippen LogP) is 4.47. The van der Waals surface area contributed by atoms with Crippen LogP contribution in [0.2, 0.25) is 0 Å². The lowest BCUT2D eigenvalue weighted by atomic mass is 10.1. The number of aliphatic hydroxyl groups is 1. The Hall–Kier alpha value is -1.40. The molecule has 1 N–H and O–H groups in total. The highest BCUT2D eigenvalue weighted by Gasteiger charge is 2.32. The van der Waals surface area contributed by atoms with E-state index in [1.54, 1.807) is 10.8 Å². The first kappa shape index (κ1) is 25.9. The smallest absolute Gasteiger partial charge is 0.330 e. The fraction of sp³-hybridized carbons (Fsp3) is 0.840. The van der Waals surface area contributed by atoms with Crippen LogP contribution < -0.4 is 11.2 Å². The Labute approximate surface area is 188 Å². The summed E-state index contributed by atoms with van der Waals surface area (Å²) in [4.78, 5) is 28.4. The highest BCUT2D eigenvalue weighted by atomic mass is 16.3. The number of likely N-dealkylation sites (N-methyl/N-ethyl adjacent to an activating group) is 1. The molecule has 1 saturated heterocycles. The van der Waals surface area contributed by atoms with Gasteiger partial charge in [0.15, 0.2) is 0 Å². The topological polar surface area (TPSA) is 67.5 Å². The summed E-state index contributed by atoms with van der Waals surface area (Å²) >= 11 is 0. The van der Waals surface area contributed by atoms with Gasteiger partial charge in [-0.15, -0.1) is 0 Å². The molecule has 6 nitrogen and oxygen atoms in total. The van der Waals surface area contributed by atoms with Gasteiger partial charge < -0.3 is 9.67 Å². The van der Waals surface area contributed by atoms with E-state index >= 15 is 0 Å². The summed E-state index contributed by atoms with van der Waals surface area (Å²) in [7, 11) is 1.95. The molecule has 31 heavy (non-hydrogen) atoms. The van der Waals surface area contributed by atoms with Gasteiger partial charge in [0.2, 0.25) is 0 Å². The van der Waals surface area contributed by atoms with Crippen molar-refractivity contribution in [2.45, 2.75) is 123 Å². The molecule has 1 aliphatic rings. The number of nitrogens with zero attached hydrogens (tertiary/aromatic N) is 3. The maximum absolute atomic E-state index is 13.2. The Morgan fingerprint density at radius 3 is 1.97 bits per heavy atom. The summed E-state index contributed by atoms with van der Waals surface area (Å²) in [5.41, 5.74) is 0.330. The Morgan fingerprint density at radius 1 is 0.871 bits per heavy atom. The summed E-state index contributed by atoms with van der Waals surface area (Å²) in [6, 6.07) is -0.116. The lowest BCUT2D eigenvalue weighted by Gasteiger charge is -2.21. The third-order valence-electron chi connectivity index (χ3n) is 6.64. The minimum atomic E-state index is -0.416. The molecule has 178 valence electrons. The number of rotatable bonds is 15. The van der Waals surface area contributed by atoms with Crippen LogP contribution in [0.1, 0.15) is 109 Å². The van der Waals surface area contributed by atoms with Crippen LogP contribution in [0.15, 0.2) is 15.8 Å². The number of unbranched alkanes of at least 4 members (excludes halogenated alkanes) is 10. The fourth-order valence-electron chi connectivity index (χ4n) is 4.71. The molecule has 0 saturated carbocycles. The van der Waals surface area contributed by atoms with E-state index in [1.807, 2.05) is 11.9 Å². The largest absolute Gasteiger partial charge is 0.392 e. The van der Waals surface area contributed by atoms with Gasteiger partial charge in [-0.25, -0.2) is 4.79 Å². The van der Waals surface area contributed by atoms with Gasteiger partial charge in [-0.3, -0.25) is 14.3 Å². The quantitative estimate of drug-likeness (QED) is 0.413. The number of aryl methyl sites for hydroxylation is 1. The zero-order valence-corrected chi connectivity index (χ0v) is 20.2. The molecule has 1 aromatic rings. The fourth-order valence-corrected chi connectivity index (χ4v) is 4.71. The molecular formula is C25H45N3O3. The normalized spacial score (nSPS) is 19.4. The Balaban J connectivity index is 2.14. The van der Waals surface area contributed by atoms with E-state index < -0.39 is 6.10 Å². The molecule has 0 aromatic carbocycles. The molecule has 2 rings (SSSR count). The van der Waals surface area contributed by atoms with E-state index in [0.29, 0.717) is 31.6 Å². The Morgan fingerprint density at radius 2 is 1.42 bits per heavy atom. The molecule has 0 aliphatic carbocycles. The number of β-amino-alcohol motifs (C(OH)–C–C–N with tert-alkyl or cyclic N) is 1. The third-order valence-corrected chi connectivity index (χ3v) is 6.64. The average molecular weight is 436 g/mol. The molecule has 6 heteroatoms. The van der Waals surface area contributed by atoms with E-state index in [4.69, 9.17) is 0 Å². The molecule has 0 bridgehead atoms. The lowest BCUT2D eigenvalue weighted by Crippen LogP contribution is -2.43. The van der Waals surface area contributed by atoms with Crippen molar-refractivity contribution in [3.05, 3.63) is 32.6 Å². The molecule has 1 fully saturated rings. The van der Waals surface area contributed by atoms with Gasteiger partial charge in [0.25, 0.3) is 5.56 Å². The van der Waals surface area contributed by atoms with Crippen LogP contribution in [0.4, 0.5) is 0 Å². The molecule has 2 atom stereocenters. The van der Waals surface area contributed by atoms with Crippen molar-refractivity contribution in [2.75, 3.05) is 13.6 Å². The highest BCUT2D eigenvalue weighted by molar-refractivity contribution is 5.14. The lowest BCUT2D eigenvalue weighted by molar-refractivity contribution is 0.182. The van der Waals surface area contributed by atoms with Crippen LogP contribution >= 0.6 is 0 Å². The van der Waals surface area contributed by atoms with Crippen LogP contribution in [0.3, 0.4) is 0 Å². The van der Waals surface area contributed by atoms with Crippen molar-refractivity contribution in [2.24, 2.45) is 0 Å². The van der Waals surface area contributed by atoms with Gasteiger partial charge in [0.05, 0.1) is 11.7 Å². The highest BCUT2D eigenvalue weighted by Crippen LogP contribution is 2.28. The summed E-state index contributed by atoms with van der Waals surface area (Å²) in [5, 5.41) is 10.1. The molecule has 0 spiro atoms. The average Bonchev–Trinajstić information content (AvgIpc) is 3.08. The van der Waals surface area contributed by atoms with E-state index in [2.05, 4.69) is 13.8 Å². The van der Waals surface area contributed by atoms with Crippen molar-refractivity contribution < 1.29 is 5.11 Å².